The van der Waals surface area contributed by atoms with E-state index < -0.39 is 10.0 Å². The molecule has 0 saturated heterocycles. The molecule has 1 aliphatic rings. The van der Waals surface area contributed by atoms with Gasteiger partial charge < -0.3 is 10.3 Å². The number of nitrogens with zero attached hydrogens (tertiary/aromatic N) is 2. The molecular formula is C14H25N3O2S. The molecule has 5 nitrogen and oxygen atoms in total. The number of rotatable bonds is 7. The zero-order valence-corrected chi connectivity index (χ0v) is 13.4. The van der Waals surface area contributed by atoms with Crippen LogP contribution in [0.1, 0.15) is 51.8 Å². The predicted molar refractivity (Wildman–Crippen MR) is 79.9 cm³/mol. The topological polar surface area (TPSA) is 68.3 Å². The number of hydrogen-bond acceptors (Lipinski definition) is 3. The molecule has 114 valence electrons. The summed E-state index contributed by atoms with van der Waals surface area (Å²) in [5.41, 5.74) is 6.59. The first-order chi connectivity index (χ1) is 9.41. The van der Waals surface area contributed by atoms with Crippen LogP contribution in [0.3, 0.4) is 0 Å². The second-order valence-corrected chi connectivity index (χ2v) is 7.61. The Bertz CT molecular complexity index is 559. The summed E-state index contributed by atoms with van der Waals surface area (Å²) in [6.45, 7) is 7.01. The van der Waals surface area contributed by atoms with E-state index in [2.05, 4.69) is 0 Å². The van der Waals surface area contributed by atoms with Crippen LogP contribution in [0.4, 0.5) is 0 Å². The van der Waals surface area contributed by atoms with Gasteiger partial charge in [0.25, 0.3) is 0 Å². The van der Waals surface area contributed by atoms with E-state index in [4.69, 9.17) is 5.73 Å². The molecule has 1 heterocycles. The lowest BCUT2D eigenvalue weighted by Gasteiger charge is -2.20. The van der Waals surface area contributed by atoms with E-state index in [1.165, 1.54) is 0 Å². The minimum absolute atomic E-state index is 0.198. The third kappa shape index (κ3) is 2.92. The summed E-state index contributed by atoms with van der Waals surface area (Å²) in [5, 5.41) is 0. The molecule has 1 aromatic rings. The highest BCUT2D eigenvalue weighted by atomic mass is 32.2. The van der Waals surface area contributed by atoms with Gasteiger partial charge in [-0.2, -0.15) is 4.31 Å². The largest absolute Gasteiger partial charge is 0.346 e. The molecule has 0 atom stereocenters. The van der Waals surface area contributed by atoms with Gasteiger partial charge in [-0.1, -0.05) is 6.92 Å². The van der Waals surface area contributed by atoms with Gasteiger partial charge in [-0.15, -0.1) is 0 Å². The summed E-state index contributed by atoms with van der Waals surface area (Å²) >= 11 is 0. The van der Waals surface area contributed by atoms with E-state index in [9.17, 15) is 8.42 Å². The molecule has 0 bridgehead atoms. The average molecular weight is 299 g/mol. The maximum Gasteiger partial charge on any atom is 0.244 e. The summed E-state index contributed by atoms with van der Waals surface area (Å²) in [6, 6.07) is 2.13. The van der Waals surface area contributed by atoms with Gasteiger partial charge in [0.15, 0.2) is 0 Å². The van der Waals surface area contributed by atoms with Gasteiger partial charge in [-0.25, -0.2) is 8.42 Å². The lowest BCUT2D eigenvalue weighted by atomic mass is 10.3. The van der Waals surface area contributed by atoms with Crippen LogP contribution in [0.25, 0.3) is 0 Å². The van der Waals surface area contributed by atoms with Crippen LogP contribution in [-0.2, 0) is 16.6 Å². The highest BCUT2D eigenvalue weighted by Gasteiger charge is 2.38. The van der Waals surface area contributed by atoms with Crippen LogP contribution in [0.2, 0.25) is 0 Å². The fourth-order valence-corrected chi connectivity index (χ4v) is 4.33. The van der Waals surface area contributed by atoms with Crippen molar-refractivity contribution in [2.45, 2.75) is 63.6 Å². The van der Waals surface area contributed by atoms with E-state index in [0.29, 0.717) is 18.0 Å². The van der Waals surface area contributed by atoms with Crippen molar-refractivity contribution in [1.29, 1.82) is 0 Å². The first-order valence-corrected chi connectivity index (χ1v) is 8.78. The van der Waals surface area contributed by atoms with Crippen LogP contribution < -0.4 is 5.73 Å². The van der Waals surface area contributed by atoms with E-state index >= 15 is 0 Å². The smallest absolute Gasteiger partial charge is 0.244 e. The highest BCUT2D eigenvalue weighted by Crippen LogP contribution is 2.33. The second kappa shape index (κ2) is 5.87. The first-order valence-electron chi connectivity index (χ1n) is 7.34. The Kier molecular flexibility index (Phi) is 4.56. The van der Waals surface area contributed by atoms with Crippen LogP contribution in [-0.4, -0.2) is 29.9 Å². The third-order valence-electron chi connectivity index (χ3n) is 3.68. The zero-order valence-electron chi connectivity index (χ0n) is 12.5. The van der Waals surface area contributed by atoms with Gasteiger partial charge in [0.2, 0.25) is 10.0 Å². The van der Waals surface area contributed by atoms with E-state index in [0.717, 1.165) is 25.0 Å². The molecule has 1 aromatic heterocycles. The molecule has 0 spiro atoms. The molecule has 2 rings (SSSR count). The van der Waals surface area contributed by atoms with Crippen molar-refractivity contribution in [3.8, 4) is 0 Å². The van der Waals surface area contributed by atoms with Gasteiger partial charge >= 0.3 is 0 Å². The quantitative estimate of drug-likeness (QED) is 0.838. The molecule has 0 radical (unpaired) electrons. The molecule has 0 aromatic carbocycles. The van der Waals surface area contributed by atoms with Crippen molar-refractivity contribution in [2.75, 3.05) is 6.54 Å². The third-order valence-corrected chi connectivity index (χ3v) is 5.59. The van der Waals surface area contributed by atoms with E-state index in [1.807, 2.05) is 25.3 Å². The van der Waals surface area contributed by atoms with Crippen LogP contribution >= 0.6 is 0 Å². The summed E-state index contributed by atoms with van der Waals surface area (Å²) in [7, 11) is -3.39. The molecule has 1 aliphatic carbocycles. The van der Waals surface area contributed by atoms with E-state index in [1.54, 1.807) is 16.6 Å². The Morgan fingerprint density at radius 2 is 2.10 bits per heavy atom. The molecule has 2 N–H and O–H groups in total. The Morgan fingerprint density at radius 3 is 2.50 bits per heavy atom. The van der Waals surface area contributed by atoms with Gasteiger partial charge in [0.05, 0.1) is 0 Å². The molecule has 0 unspecified atom stereocenters. The van der Waals surface area contributed by atoms with Crippen molar-refractivity contribution >= 4 is 10.0 Å². The number of sulfonamides is 1. The minimum Gasteiger partial charge on any atom is -0.346 e. The average Bonchev–Trinajstić information content (AvgIpc) is 3.11. The maximum atomic E-state index is 12.8. The summed E-state index contributed by atoms with van der Waals surface area (Å²) in [6.07, 6.45) is 4.53. The summed E-state index contributed by atoms with van der Waals surface area (Å²) in [4.78, 5) is 0.381. The van der Waals surface area contributed by atoms with Crippen molar-refractivity contribution < 1.29 is 8.42 Å². The monoisotopic (exact) mass is 299 g/mol. The Hall–Kier alpha value is -0.850. The number of hydrogen-bond donors (Lipinski definition) is 1. The highest BCUT2D eigenvalue weighted by molar-refractivity contribution is 7.89. The molecule has 0 aliphatic heterocycles. The molecular weight excluding hydrogens is 274 g/mol. The van der Waals surface area contributed by atoms with Crippen LogP contribution in [0.15, 0.2) is 17.2 Å². The normalized spacial score (nSPS) is 16.3. The van der Waals surface area contributed by atoms with Gasteiger partial charge in [-0.05, 0) is 39.2 Å². The predicted octanol–water partition coefficient (Wildman–Crippen LogP) is 2.09. The zero-order chi connectivity index (χ0) is 14.9. The minimum atomic E-state index is -3.39. The molecule has 6 heteroatoms. The van der Waals surface area contributed by atoms with Crippen LogP contribution in [0, 0.1) is 0 Å². The Morgan fingerprint density at radius 1 is 1.45 bits per heavy atom. The Labute approximate surface area is 121 Å². The first kappa shape index (κ1) is 15.5. The standard InChI is InChI=1S/C14H25N3O2S/c1-4-7-17(12-5-6-12)20(18,19)14-8-13(9-15)16(10-14)11(2)3/h8,10-12H,4-7,9,15H2,1-3H3. The summed E-state index contributed by atoms with van der Waals surface area (Å²) in [5.74, 6) is 0. The fraction of sp³-hybridized carbons (Fsp3) is 0.714. The second-order valence-electron chi connectivity index (χ2n) is 5.72. The lowest BCUT2D eigenvalue weighted by Crippen LogP contribution is -2.33. The van der Waals surface area contributed by atoms with Crippen molar-refractivity contribution in [3.05, 3.63) is 18.0 Å². The van der Waals surface area contributed by atoms with Gasteiger partial charge in [-0.3, -0.25) is 0 Å². The lowest BCUT2D eigenvalue weighted by molar-refractivity contribution is 0.403. The molecule has 20 heavy (non-hydrogen) atoms. The van der Waals surface area contributed by atoms with Crippen molar-refractivity contribution in [2.24, 2.45) is 5.73 Å². The van der Waals surface area contributed by atoms with Gasteiger partial charge in [0.1, 0.15) is 4.90 Å². The van der Waals surface area contributed by atoms with Crippen molar-refractivity contribution in [1.82, 2.24) is 8.87 Å². The maximum absolute atomic E-state index is 12.8. The summed E-state index contributed by atoms with van der Waals surface area (Å²) < 4.78 is 29.2. The SMILES string of the molecule is CCCN(C1CC1)S(=O)(=O)c1cc(CN)n(C(C)C)c1. The molecule has 1 saturated carbocycles. The Balaban J connectivity index is 2.37. The molecule has 0 amide bonds. The van der Waals surface area contributed by atoms with Crippen molar-refractivity contribution in [3.63, 3.8) is 0 Å². The number of nitrogens with two attached hydrogens (primary N) is 1. The molecule has 1 fully saturated rings. The number of aromatic nitrogens is 1. The van der Waals surface area contributed by atoms with E-state index in [-0.39, 0.29) is 12.1 Å². The van der Waals surface area contributed by atoms with Gasteiger partial charge in [0, 0.05) is 37.1 Å². The van der Waals surface area contributed by atoms with Crippen LogP contribution in [0.5, 0.6) is 0 Å². The fourth-order valence-electron chi connectivity index (χ4n) is 2.50.